The van der Waals surface area contributed by atoms with Gasteiger partial charge in [0.2, 0.25) is 0 Å². The molecule has 0 bridgehead atoms. The molecule has 0 amide bonds. The molecule has 6 rings (SSSR count). The van der Waals surface area contributed by atoms with Crippen LogP contribution >= 0.6 is 0 Å². The second-order valence-corrected chi connectivity index (χ2v) is 8.39. The summed E-state index contributed by atoms with van der Waals surface area (Å²) >= 11 is 0. The lowest BCUT2D eigenvalue weighted by atomic mass is 9.89. The highest BCUT2D eigenvalue weighted by atomic mass is 16.2. The Morgan fingerprint density at radius 1 is 0.824 bits per heavy atom. The Hall–Kier alpha value is -4.35. The second kappa shape index (κ2) is 8.21. The molecule has 0 spiro atoms. The van der Waals surface area contributed by atoms with E-state index >= 15 is 0 Å². The molecule has 0 atom stereocenters. The highest BCUT2D eigenvalue weighted by Gasteiger charge is 2.32. The number of aromatic nitrogens is 3. The van der Waals surface area contributed by atoms with Gasteiger partial charge in [-0.15, -0.1) is 0 Å². The Kier molecular flexibility index (Phi) is 4.90. The number of allylic oxidation sites excluding steroid dienone is 1. The summed E-state index contributed by atoms with van der Waals surface area (Å²) in [4.78, 5) is 18.3. The van der Waals surface area contributed by atoms with Gasteiger partial charge in [-0.2, -0.15) is 9.78 Å². The minimum Gasteiger partial charge on any atom is -0.327 e. The van der Waals surface area contributed by atoms with Crippen LogP contribution in [0.1, 0.15) is 16.1 Å². The molecule has 34 heavy (non-hydrogen) atoms. The highest BCUT2D eigenvalue weighted by molar-refractivity contribution is 6.23. The Morgan fingerprint density at radius 3 is 2.29 bits per heavy atom. The fourth-order valence-electron chi connectivity index (χ4n) is 4.77. The smallest absolute Gasteiger partial charge is 0.279 e. The van der Waals surface area contributed by atoms with Gasteiger partial charge in [0.1, 0.15) is 5.69 Å². The summed E-state index contributed by atoms with van der Waals surface area (Å²) in [6, 6.07) is 29.9. The number of hydrogen-bond donors (Lipinski definition) is 1. The molecule has 5 aromatic rings. The molecule has 5 nitrogen and oxygen atoms in total. The molecule has 0 saturated heterocycles. The summed E-state index contributed by atoms with van der Waals surface area (Å²) in [7, 11) is 0. The van der Waals surface area contributed by atoms with E-state index in [0.29, 0.717) is 18.5 Å². The second-order valence-electron chi connectivity index (χ2n) is 8.39. The number of rotatable bonds is 4. The first-order valence-corrected chi connectivity index (χ1v) is 11.3. The van der Waals surface area contributed by atoms with E-state index in [-0.39, 0.29) is 5.91 Å². The number of fused-ring (bicyclic) bond motifs is 2. The molecule has 164 valence electrons. The van der Waals surface area contributed by atoms with Crippen molar-refractivity contribution in [3.8, 4) is 22.4 Å². The van der Waals surface area contributed by atoms with Crippen LogP contribution in [-0.2, 0) is 6.42 Å². The van der Waals surface area contributed by atoms with Crippen LogP contribution in [0.25, 0.3) is 38.9 Å². The third-order valence-electron chi connectivity index (χ3n) is 6.37. The van der Waals surface area contributed by atoms with Crippen LogP contribution < -0.4 is 5.73 Å². The summed E-state index contributed by atoms with van der Waals surface area (Å²) < 4.78 is 1.58. The molecular formula is C29H22N4O. The lowest BCUT2D eigenvalue weighted by molar-refractivity contribution is 0.0958. The summed E-state index contributed by atoms with van der Waals surface area (Å²) in [5.41, 5.74) is 14.2. The van der Waals surface area contributed by atoms with Crippen LogP contribution in [-0.4, -0.2) is 27.2 Å². The van der Waals surface area contributed by atoms with Gasteiger partial charge in [-0.25, -0.2) is 0 Å². The van der Waals surface area contributed by atoms with E-state index in [1.807, 2.05) is 78.9 Å². The molecule has 2 N–H and O–H groups in total. The van der Waals surface area contributed by atoms with Crippen molar-refractivity contribution in [1.29, 1.82) is 0 Å². The molecule has 5 heteroatoms. The average Bonchev–Trinajstić information content (AvgIpc) is 3.29. The van der Waals surface area contributed by atoms with Crippen molar-refractivity contribution in [2.45, 2.75) is 6.42 Å². The molecule has 0 unspecified atom stereocenters. The number of carbonyl (C=O) groups excluding carboxylic acids is 1. The van der Waals surface area contributed by atoms with Gasteiger partial charge in [-0.3, -0.25) is 9.78 Å². The molecular weight excluding hydrogens is 420 g/mol. The van der Waals surface area contributed by atoms with Crippen LogP contribution in [0.5, 0.6) is 0 Å². The monoisotopic (exact) mass is 442 g/mol. The van der Waals surface area contributed by atoms with Crippen molar-refractivity contribution in [2.24, 2.45) is 5.73 Å². The van der Waals surface area contributed by atoms with E-state index in [4.69, 9.17) is 10.8 Å². The molecule has 2 aromatic heterocycles. The van der Waals surface area contributed by atoms with E-state index in [1.165, 1.54) is 0 Å². The predicted molar refractivity (Wildman–Crippen MR) is 135 cm³/mol. The average molecular weight is 443 g/mol. The van der Waals surface area contributed by atoms with E-state index < -0.39 is 0 Å². The minimum atomic E-state index is -0.149. The van der Waals surface area contributed by atoms with Gasteiger partial charge in [-0.1, -0.05) is 72.8 Å². The maximum absolute atomic E-state index is 13.9. The Bertz CT molecular complexity index is 1570. The van der Waals surface area contributed by atoms with Crippen LogP contribution in [0.2, 0.25) is 0 Å². The summed E-state index contributed by atoms with van der Waals surface area (Å²) in [6.45, 7) is 0.298. The fourth-order valence-corrected chi connectivity index (χ4v) is 4.77. The molecule has 0 fully saturated rings. The van der Waals surface area contributed by atoms with Crippen molar-refractivity contribution in [3.05, 3.63) is 114 Å². The number of carbonyl (C=O) groups is 1. The number of benzene rings is 3. The third-order valence-corrected chi connectivity index (χ3v) is 6.37. The number of pyridine rings is 1. The largest absolute Gasteiger partial charge is 0.327 e. The zero-order valence-electron chi connectivity index (χ0n) is 18.5. The lowest BCUT2D eigenvalue weighted by Crippen LogP contribution is -2.26. The molecule has 3 aromatic carbocycles. The van der Waals surface area contributed by atoms with Gasteiger partial charge in [0.25, 0.3) is 5.91 Å². The molecule has 3 heterocycles. The number of nitrogens with two attached hydrogens (primary N) is 1. The molecule has 1 aliphatic rings. The fraction of sp³-hybridized carbons (Fsp3) is 0.0690. The van der Waals surface area contributed by atoms with Crippen molar-refractivity contribution in [1.82, 2.24) is 14.8 Å². The quantitative estimate of drug-likeness (QED) is 0.406. The SMILES string of the molecule is NCC1=C(c2ccc3ncccc3c2)C(=O)n2nc(-c3ccccc3)c(-c3ccccc3)c2C1. The summed E-state index contributed by atoms with van der Waals surface area (Å²) in [5.74, 6) is -0.149. The van der Waals surface area contributed by atoms with Crippen molar-refractivity contribution in [2.75, 3.05) is 6.54 Å². The summed E-state index contributed by atoms with van der Waals surface area (Å²) in [5, 5.41) is 5.85. The van der Waals surface area contributed by atoms with Crippen LogP contribution in [0, 0.1) is 0 Å². The van der Waals surface area contributed by atoms with E-state index in [1.54, 1.807) is 10.9 Å². The summed E-state index contributed by atoms with van der Waals surface area (Å²) in [6.07, 6.45) is 2.33. The standard InChI is InChI=1S/C29H22N4O/c30-18-23-17-25-27(19-8-3-1-4-9-19)28(20-10-5-2-6-11-20)32-33(25)29(34)26(23)22-13-14-24-21(16-22)12-7-15-31-24/h1-16H,17-18,30H2. The molecule has 0 aliphatic carbocycles. The maximum atomic E-state index is 13.9. The van der Waals surface area contributed by atoms with E-state index in [9.17, 15) is 4.79 Å². The first-order chi connectivity index (χ1) is 16.7. The number of hydrogen-bond acceptors (Lipinski definition) is 4. The van der Waals surface area contributed by atoms with Crippen molar-refractivity contribution >= 4 is 22.4 Å². The van der Waals surface area contributed by atoms with Gasteiger partial charge in [0.15, 0.2) is 0 Å². The van der Waals surface area contributed by atoms with Crippen LogP contribution in [0.4, 0.5) is 0 Å². The Labute approximate surface area is 197 Å². The van der Waals surface area contributed by atoms with Crippen molar-refractivity contribution < 1.29 is 4.79 Å². The maximum Gasteiger partial charge on any atom is 0.279 e. The predicted octanol–water partition coefficient (Wildman–Crippen LogP) is 5.37. The van der Waals surface area contributed by atoms with Gasteiger partial charge < -0.3 is 5.73 Å². The Morgan fingerprint density at radius 2 is 1.56 bits per heavy atom. The molecule has 0 radical (unpaired) electrons. The number of nitrogens with zero attached hydrogens (tertiary/aromatic N) is 3. The van der Waals surface area contributed by atoms with Gasteiger partial charge in [-0.05, 0) is 34.9 Å². The minimum absolute atomic E-state index is 0.149. The molecule has 0 saturated carbocycles. The van der Waals surface area contributed by atoms with Gasteiger partial charge in [0.05, 0.1) is 11.2 Å². The van der Waals surface area contributed by atoms with Crippen LogP contribution in [0.15, 0.2) is 103 Å². The third kappa shape index (κ3) is 3.26. The van der Waals surface area contributed by atoms with Gasteiger partial charge in [0, 0.05) is 41.2 Å². The molecule has 1 aliphatic heterocycles. The normalized spacial score (nSPS) is 13.4. The highest BCUT2D eigenvalue weighted by Crippen LogP contribution is 2.39. The zero-order valence-corrected chi connectivity index (χ0v) is 18.5. The lowest BCUT2D eigenvalue weighted by Gasteiger charge is -2.21. The zero-order chi connectivity index (χ0) is 23.1. The van der Waals surface area contributed by atoms with E-state index in [2.05, 4.69) is 17.1 Å². The van der Waals surface area contributed by atoms with Crippen LogP contribution in [0.3, 0.4) is 0 Å². The Balaban J connectivity index is 1.56. The topological polar surface area (TPSA) is 73.8 Å². The first-order valence-electron chi connectivity index (χ1n) is 11.3. The van der Waals surface area contributed by atoms with Gasteiger partial charge >= 0.3 is 0 Å². The van der Waals surface area contributed by atoms with E-state index in [0.717, 1.165) is 50.1 Å². The first kappa shape index (κ1) is 20.3. The van der Waals surface area contributed by atoms with Crippen molar-refractivity contribution in [3.63, 3.8) is 0 Å².